The molecule has 3 unspecified atom stereocenters. The predicted molar refractivity (Wildman–Crippen MR) is 135 cm³/mol. The van der Waals surface area contributed by atoms with Crippen LogP contribution in [0.1, 0.15) is 11.1 Å². The lowest BCUT2D eigenvalue weighted by atomic mass is 9.88. The number of benzene rings is 3. The van der Waals surface area contributed by atoms with E-state index in [1.54, 1.807) is 18.2 Å². The van der Waals surface area contributed by atoms with Gasteiger partial charge in [-0.1, -0.05) is 53.5 Å². The maximum Gasteiger partial charge on any atom is 0.246 e. The Bertz CT molecular complexity index is 1370. The summed E-state index contributed by atoms with van der Waals surface area (Å²) >= 11 is 12.2. The molecule has 2 aliphatic rings. The van der Waals surface area contributed by atoms with Crippen LogP contribution in [0, 0.1) is 23.2 Å². The zero-order chi connectivity index (χ0) is 24.6. The van der Waals surface area contributed by atoms with Crippen LogP contribution in [-0.2, 0) is 16.4 Å². The molecule has 2 saturated heterocycles. The van der Waals surface area contributed by atoms with Gasteiger partial charge in [-0.2, -0.15) is 9.57 Å². The van der Waals surface area contributed by atoms with Gasteiger partial charge in [0.2, 0.25) is 10.0 Å². The van der Waals surface area contributed by atoms with Gasteiger partial charge in [0.05, 0.1) is 11.6 Å². The molecule has 3 atom stereocenters. The molecule has 2 fully saturated rings. The molecule has 0 spiro atoms. The molecule has 0 amide bonds. The van der Waals surface area contributed by atoms with E-state index >= 15 is 0 Å². The second-order valence-electron chi connectivity index (χ2n) is 8.93. The molecule has 180 valence electrons. The highest BCUT2D eigenvalue weighted by molar-refractivity contribution is 7.89. The van der Waals surface area contributed by atoms with E-state index < -0.39 is 10.0 Å². The molecule has 2 aliphatic heterocycles. The van der Waals surface area contributed by atoms with Gasteiger partial charge >= 0.3 is 0 Å². The number of hydrogen-bond acceptors (Lipinski definition) is 5. The van der Waals surface area contributed by atoms with Crippen molar-refractivity contribution < 1.29 is 13.2 Å². The highest BCUT2D eigenvalue weighted by Gasteiger charge is 2.46. The van der Waals surface area contributed by atoms with Gasteiger partial charge in [-0.25, -0.2) is 8.42 Å². The number of sulfonamides is 1. The van der Waals surface area contributed by atoms with Crippen molar-refractivity contribution in [2.75, 3.05) is 19.6 Å². The van der Waals surface area contributed by atoms with E-state index in [1.165, 1.54) is 28.1 Å². The smallest absolute Gasteiger partial charge is 0.246 e. The van der Waals surface area contributed by atoms with Crippen LogP contribution in [-0.4, -0.2) is 38.4 Å². The van der Waals surface area contributed by atoms with E-state index in [4.69, 9.17) is 27.9 Å². The molecule has 3 aromatic carbocycles. The minimum atomic E-state index is -3.93. The lowest BCUT2D eigenvalue weighted by Gasteiger charge is -2.22. The molecule has 5 rings (SSSR count). The molecule has 1 N–H and O–H groups in total. The second-order valence-corrected chi connectivity index (χ2v) is 11.7. The second kappa shape index (κ2) is 9.81. The Kier molecular flexibility index (Phi) is 6.75. The number of hydrogen-bond donors (Lipinski definition) is 1. The number of nitrogens with zero attached hydrogens (tertiary/aromatic N) is 2. The van der Waals surface area contributed by atoms with Crippen LogP contribution in [0.3, 0.4) is 0 Å². The number of fused-ring (bicyclic) bond motifs is 1. The van der Waals surface area contributed by atoms with Crippen LogP contribution >= 0.6 is 23.2 Å². The Morgan fingerprint density at radius 3 is 2.49 bits per heavy atom. The van der Waals surface area contributed by atoms with E-state index in [-0.39, 0.29) is 28.2 Å². The third-order valence-electron chi connectivity index (χ3n) is 6.67. The van der Waals surface area contributed by atoms with E-state index in [0.717, 1.165) is 13.0 Å². The van der Waals surface area contributed by atoms with Gasteiger partial charge in [-0.15, -0.1) is 0 Å². The first-order valence-corrected chi connectivity index (χ1v) is 13.5. The minimum Gasteiger partial charge on any atom is -0.456 e. The van der Waals surface area contributed by atoms with Crippen LogP contribution in [0.4, 0.5) is 0 Å². The van der Waals surface area contributed by atoms with Crippen molar-refractivity contribution in [3.8, 4) is 17.6 Å². The summed E-state index contributed by atoms with van der Waals surface area (Å²) in [5.41, 5.74) is 1.48. The van der Waals surface area contributed by atoms with Crippen molar-refractivity contribution >= 4 is 33.2 Å². The molecule has 0 bridgehead atoms. The monoisotopic (exact) mass is 527 g/mol. The number of nitrogens with one attached hydrogen (secondary N) is 1. The molecular formula is C26H23Cl2N3O3S. The molecule has 2 heterocycles. The minimum absolute atomic E-state index is 0.0489. The molecule has 0 aromatic heterocycles. The molecule has 35 heavy (non-hydrogen) atoms. The van der Waals surface area contributed by atoms with Crippen LogP contribution in [0.2, 0.25) is 10.0 Å². The number of rotatable bonds is 6. The Morgan fingerprint density at radius 1 is 1.03 bits per heavy atom. The number of halogens is 2. The molecule has 0 radical (unpaired) electrons. The molecule has 3 aromatic rings. The summed E-state index contributed by atoms with van der Waals surface area (Å²) < 4.78 is 35.0. The Hall–Kier alpha value is -2.60. The fourth-order valence-corrected chi connectivity index (χ4v) is 7.14. The van der Waals surface area contributed by atoms with Gasteiger partial charge < -0.3 is 10.1 Å². The van der Waals surface area contributed by atoms with Gasteiger partial charge in [-0.3, -0.25) is 0 Å². The van der Waals surface area contributed by atoms with Crippen molar-refractivity contribution in [3.63, 3.8) is 0 Å². The SMILES string of the molecule is N#Cc1ccc(Oc2cc(Cl)cc(Cl)c2)c(S(=O)(=O)N2CC3NCC(Cc4ccccc4)C3C2)c1. The van der Waals surface area contributed by atoms with Gasteiger partial charge in [0, 0.05) is 29.2 Å². The summed E-state index contributed by atoms with van der Waals surface area (Å²) in [6, 6.07) is 21.4. The summed E-state index contributed by atoms with van der Waals surface area (Å²) in [6.45, 7) is 1.65. The van der Waals surface area contributed by atoms with Crippen molar-refractivity contribution in [1.29, 1.82) is 5.26 Å². The topological polar surface area (TPSA) is 82.4 Å². The number of nitriles is 1. The van der Waals surface area contributed by atoms with Gasteiger partial charge in [-0.05, 0) is 66.8 Å². The fraction of sp³-hybridized carbons (Fsp3) is 0.269. The van der Waals surface area contributed by atoms with Gasteiger partial charge in [0.25, 0.3) is 0 Å². The van der Waals surface area contributed by atoms with Crippen molar-refractivity contribution in [2.24, 2.45) is 11.8 Å². The molecule has 0 aliphatic carbocycles. The third kappa shape index (κ3) is 5.04. The van der Waals surface area contributed by atoms with Crippen LogP contribution in [0.5, 0.6) is 11.5 Å². The largest absolute Gasteiger partial charge is 0.456 e. The zero-order valence-electron chi connectivity index (χ0n) is 18.7. The maximum atomic E-state index is 13.8. The van der Waals surface area contributed by atoms with Crippen LogP contribution in [0.25, 0.3) is 0 Å². The summed E-state index contributed by atoms with van der Waals surface area (Å²) in [5.74, 6) is 0.984. The highest BCUT2D eigenvalue weighted by atomic mass is 35.5. The summed E-state index contributed by atoms with van der Waals surface area (Å²) in [7, 11) is -3.93. The molecule has 6 nitrogen and oxygen atoms in total. The van der Waals surface area contributed by atoms with E-state index in [0.29, 0.717) is 34.8 Å². The Labute approximate surface area is 215 Å². The van der Waals surface area contributed by atoms with Crippen LogP contribution < -0.4 is 10.1 Å². The van der Waals surface area contributed by atoms with E-state index in [2.05, 4.69) is 17.4 Å². The summed E-state index contributed by atoms with van der Waals surface area (Å²) in [6.07, 6.45) is 0.900. The van der Waals surface area contributed by atoms with Crippen molar-refractivity contribution in [2.45, 2.75) is 17.4 Å². The van der Waals surface area contributed by atoms with Crippen molar-refractivity contribution in [1.82, 2.24) is 9.62 Å². The quantitative estimate of drug-likeness (QED) is 0.481. The van der Waals surface area contributed by atoms with Gasteiger partial charge in [0.15, 0.2) is 0 Å². The molecular weight excluding hydrogens is 505 g/mol. The van der Waals surface area contributed by atoms with E-state index in [9.17, 15) is 13.7 Å². The first-order chi connectivity index (χ1) is 16.8. The number of ether oxygens (including phenoxy) is 1. The first-order valence-electron chi connectivity index (χ1n) is 11.3. The van der Waals surface area contributed by atoms with Crippen LogP contribution in [0.15, 0.2) is 71.6 Å². The average molecular weight is 528 g/mol. The fourth-order valence-electron chi connectivity index (χ4n) is 4.99. The Morgan fingerprint density at radius 2 is 1.77 bits per heavy atom. The summed E-state index contributed by atoms with van der Waals surface area (Å²) in [4.78, 5) is -0.0489. The molecule has 9 heteroatoms. The Balaban J connectivity index is 1.42. The lowest BCUT2D eigenvalue weighted by molar-refractivity contribution is 0.381. The third-order valence-corrected chi connectivity index (χ3v) is 8.96. The summed E-state index contributed by atoms with van der Waals surface area (Å²) in [5, 5.41) is 13.7. The lowest BCUT2D eigenvalue weighted by Crippen LogP contribution is -2.34. The first kappa shape index (κ1) is 24.1. The highest BCUT2D eigenvalue weighted by Crippen LogP contribution is 2.38. The van der Waals surface area contributed by atoms with E-state index in [1.807, 2.05) is 24.3 Å². The molecule has 0 saturated carbocycles. The maximum absolute atomic E-state index is 13.8. The normalized spacial score (nSPS) is 22.0. The van der Waals surface area contributed by atoms with Gasteiger partial charge in [0.1, 0.15) is 16.4 Å². The standard InChI is InChI=1S/C26H23Cl2N3O3S/c27-20-10-21(28)12-22(11-20)34-25-7-6-18(13-29)9-26(25)35(32,33)31-15-23-19(14-30-24(23)16-31)8-17-4-2-1-3-5-17/h1-7,9-12,19,23-24,30H,8,14-16H2. The van der Waals surface area contributed by atoms with Crippen molar-refractivity contribution in [3.05, 3.63) is 87.9 Å². The predicted octanol–water partition coefficient (Wildman–Crippen LogP) is 5.11. The zero-order valence-corrected chi connectivity index (χ0v) is 21.0. The average Bonchev–Trinajstić information content (AvgIpc) is 3.42.